The van der Waals surface area contributed by atoms with Gasteiger partial charge in [0, 0.05) is 40.3 Å². The van der Waals surface area contributed by atoms with E-state index in [0.29, 0.717) is 13.1 Å². The summed E-state index contributed by atoms with van der Waals surface area (Å²) < 4.78 is 0. The van der Waals surface area contributed by atoms with Crippen LogP contribution in [0.5, 0.6) is 0 Å². The summed E-state index contributed by atoms with van der Waals surface area (Å²) >= 11 is 0. The lowest BCUT2D eigenvalue weighted by atomic mass is 10.0. The summed E-state index contributed by atoms with van der Waals surface area (Å²) in [5, 5.41) is 3.09. The zero-order valence-corrected chi connectivity index (χ0v) is 16.7. The van der Waals surface area contributed by atoms with Crippen LogP contribution in [0.15, 0.2) is 18.2 Å². The van der Waals surface area contributed by atoms with Crippen LogP contribution in [0.25, 0.3) is 0 Å². The Labute approximate surface area is 157 Å². The summed E-state index contributed by atoms with van der Waals surface area (Å²) in [7, 11) is 3.55. The van der Waals surface area contributed by atoms with Crippen molar-refractivity contribution in [3.63, 3.8) is 0 Å². The van der Waals surface area contributed by atoms with E-state index in [2.05, 4.69) is 47.2 Å². The number of hydrogen-bond donors (Lipinski definition) is 1. The molecule has 1 N–H and O–H groups in total. The molecule has 0 radical (unpaired) electrons. The fourth-order valence-electron chi connectivity index (χ4n) is 3.05. The van der Waals surface area contributed by atoms with Gasteiger partial charge in [0.25, 0.3) is 0 Å². The van der Waals surface area contributed by atoms with Gasteiger partial charge < -0.3 is 10.2 Å². The van der Waals surface area contributed by atoms with Crippen molar-refractivity contribution in [3.8, 4) is 0 Å². The minimum atomic E-state index is 0.000743. The Kier molecular flexibility index (Phi) is 7.17. The highest BCUT2D eigenvalue weighted by molar-refractivity contribution is 5.78. The number of hydrogen-bond acceptors (Lipinski definition) is 4. The van der Waals surface area contributed by atoms with E-state index in [1.807, 2.05) is 6.92 Å². The van der Waals surface area contributed by atoms with Gasteiger partial charge in [-0.15, -0.1) is 0 Å². The average Bonchev–Trinajstić information content (AvgIpc) is 2.58. The molecule has 6 heteroatoms. The fourth-order valence-corrected chi connectivity index (χ4v) is 3.05. The normalized spacial score (nSPS) is 17.0. The first-order valence-corrected chi connectivity index (χ1v) is 9.27. The monoisotopic (exact) mass is 360 g/mol. The molecule has 1 heterocycles. The summed E-state index contributed by atoms with van der Waals surface area (Å²) in [5.41, 5.74) is 3.64. The first kappa shape index (κ1) is 20.4. The highest BCUT2D eigenvalue weighted by Gasteiger charge is 2.21. The Hall–Kier alpha value is -1.92. The average molecular weight is 361 g/mol. The zero-order chi connectivity index (χ0) is 19.3. The summed E-state index contributed by atoms with van der Waals surface area (Å²) in [5.74, 6) is 0.173. The van der Waals surface area contributed by atoms with E-state index in [1.165, 1.54) is 11.1 Å². The lowest BCUT2D eigenvalue weighted by Crippen LogP contribution is -2.51. The molecule has 0 spiro atoms. The molecule has 2 rings (SSSR count). The van der Waals surface area contributed by atoms with Crippen LogP contribution in [-0.4, -0.2) is 79.9 Å². The van der Waals surface area contributed by atoms with Gasteiger partial charge in [0.05, 0.1) is 19.1 Å². The van der Waals surface area contributed by atoms with Crippen molar-refractivity contribution in [1.29, 1.82) is 0 Å². The molecule has 1 saturated heterocycles. The molecule has 0 saturated carbocycles. The predicted octanol–water partition coefficient (Wildman–Crippen LogP) is 1.19. The third-order valence-corrected chi connectivity index (χ3v) is 5.10. The third-order valence-electron chi connectivity index (χ3n) is 5.10. The number of carbonyl (C=O) groups excluding carboxylic acids is 2. The topological polar surface area (TPSA) is 55.9 Å². The van der Waals surface area contributed by atoms with Crippen LogP contribution in [0.4, 0.5) is 0 Å². The maximum Gasteiger partial charge on any atom is 0.236 e. The molecule has 144 valence electrons. The second-order valence-corrected chi connectivity index (χ2v) is 7.47. The number of nitrogens with one attached hydrogen (secondary N) is 1. The highest BCUT2D eigenvalue weighted by Crippen LogP contribution is 2.16. The highest BCUT2D eigenvalue weighted by atomic mass is 16.2. The smallest absolute Gasteiger partial charge is 0.236 e. The number of piperazine rings is 1. The van der Waals surface area contributed by atoms with E-state index in [1.54, 1.807) is 19.0 Å². The molecule has 1 aromatic carbocycles. The summed E-state index contributed by atoms with van der Waals surface area (Å²) in [4.78, 5) is 30.1. The van der Waals surface area contributed by atoms with Gasteiger partial charge in [0.15, 0.2) is 0 Å². The lowest BCUT2D eigenvalue weighted by molar-refractivity contribution is -0.131. The number of likely N-dealkylation sites (N-methyl/N-ethyl adjacent to an activating group) is 1. The Bertz CT molecular complexity index is 637. The number of amides is 2. The number of benzene rings is 1. The van der Waals surface area contributed by atoms with E-state index < -0.39 is 0 Å². The van der Waals surface area contributed by atoms with E-state index in [4.69, 9.17) is 0 Å². The molecule has 1 aromatic rings. The van der Waals surface area contributed by atoms with Crippen LogP contribution in [0.3, 0.4) is 0 Å². The maximum atomic E-state index is 12.4. The molecular formula is C20H32N4O2. The van der Waals surface area contributed by atoms with E-state index >= 15 is 0 Å². The molecule has 1 atom stereocenters. The lowest BCUT2D eigenvalue weighted by Gasteiger charge is -2.34. The second kappa shape index (κ2) is 9.14. The van der Waals surface area contributed by atoms with Gasteiger partial charge >= 0.3 is 0 Å². The molecule has 0 aromatic heterocycles. The second-order valence-electron chi connectivity index (χ2n) is 7.47. The number of nitrogens with zero attached hydrogens (tertiary/aromatic N) is 3. The molecule has 0 unspecified atom stereocenters. The molecule has 1 aliphatic heterocycles. The Morgan fingerprint density at radius 3 is 2.15 bits per heavy atom. The van der Waals surface area contributed by atoms with Crippen LogP contribution in [0.2, 0.25) is 0 Å². The Morgan fingerprint density at radius 1 is 1.04 bits per heavy atom. The SMILES string of the molecule is Cc1ccc([C@H](C)NC(=O)CN2CCN(CC(=O)N(C)C)CC2)cc1C. The molecule has 1 fully saturated rings. The van der Waals surface area contributed by atoms with Gasteiger partial charge in [-0.05, 0) is 37.5 Å². The molecule has 26 heavy (non-hydrogen) atoms. The number of rotatable bonds is 6. The van der Waals surface area contributed by atoms with Crippen LogP contribution in [-0.2, 0) is 9.59 Å². The largest absolute Gasteiger partial charge is 0.348 e. The minimum absolute atomic E-state index is 0.000743. The van der Waals surface area contributed by atoms with Gasteiger partial charge in [0.2, 0.25) is 11.8 Å². The van der Waals surface area contributed by atoms with Crippen LogP contribution in [0, 0.1) is 13.8 Å². The standard InChI is InChI=1S/C20H32N4O2/c1-15-6-7-18(12-16(15)2)17(3)21-19(25)13-23-8-10-24(11-9-23)14-20(26)22(4)5/h6-7,12,17H,8-11,13-14H2,1-5H3,(H,21,25)/t17-/m0/s1. The summed E-state index contributed by atoms with van der Waals surface area (Å²) in [6, 6.07) is 6.32. The number of aryl methyl sites for hydroxylation is 2. The van der Waals surface area contributed by atoms with Crippen molar-refractivity contribution in [2.24, 2.45) is 0 Å². The van der Waals surface area contributed by atoms with Crippen molar-refractivity contribution in [2.75, 3.05) is 53.4 Å². The quantitative estimate of drug-likeness (QED) is 0.828. The van der Waals surface area contributed by atoms with E-state index in [-0.39, 0.29) is 17.9 Å². The van der Waals surface area contributed by atoms with Gasteiger partial charge in [-0.1, -0.05) is 18.2 Å². The van der Waals surface area contributed by atoms with Crippen LogP contribution >= 0.6 is 0 Å². The minimum Gasteiger partial charge on any atom is -0.348 e. The van der Waals surface area contributed by atoms with Gasteiger partial charge in [-0.25, -0.2) is 0 Å². The fraction of sp³-hybridized carbons (Fsp3) is 0.600. The first-order valence-electron chi connectivity index (χ1n) is 9.27. The van der Waals surface area contributed by atoms with E-state index in [0.717, 1.165) is 31.7 Å². The maximum absolute atomic E-state index is 12.4. The zero-order valence-electron chi connectivity index (χ0n) is 16.7. The third kappa shape index (κ3) is 5.81. The van der Waals surface area contributed by atoms with Gasteiger partial charge in [-0.3, -0.25) is 19.4 Å². The van der Waals surface area contributed by atoms with Crippen LogP contribution in [0.1, 0.15) is 29.7 Å². The molecule has 2 amide bonds. The van der Waals surface area contributed by atoms with Crippen molar-refractivity contribution < 1.29 is 9.59 Å². The molecule has 1 aliphatic rings. The van der Waals surface area contributed by atoms with Gasteiger partial charge in [0.1, 0.15) is 0 Å². The number of carbonyl (C=O) groups is 2. The molecule has 6 nitrogen and oxygen atoms in total. The van der Waals surface area contributed by atoms with Gasteiger partial charge in [-0.2, -0.15) is 0 Å². The first-order chi connectivity index (χ1) is 12.3. The van der Waals surface area contributed by atoms with Crippen molar-refractivity contribution in [2.45, 2.75) is 26.8 Å². The summed E-state index contributed by atoms with van der Waals surface area (Å²) in [6.07, 6.45) is 0. The summed E-state index contributed by atoms with van der Waals surface area (Å²) in [6.45, 7) is 10.3. The molecular weight excluding hydrogens is 328 g/mol. The van der Waals surface area contributed by atoms with Crippen molar-refractivity contribution in [3.05, 3.63) is 34.9 Å². The predicted molar refractivity (Wildman–Crippen MR) is 104 cm³/mol. The van der Waals surface area contributed by atoms with E-state index in [9.17, 15) is 9.59 Å². The molecule has 0 aliphatic carbocycles. The van der Waals surface area contributed by atoms with Crippen molar-refractivity contribution in [1.82, 2.24) is 20.0 Å². The van der Waals surface area contributed by atoms with Crippen molar-refractivity contribution >= 4 is 11.8 Å². The molecule has 0 bridgehead atoms. The Balaban J connectivity index is 1.76. The Morgan fingerprint density at radius 2 is 1.62 bits per heavy atom. The van der Waals surface area contributed by atoms with Crippen LogP contribution < -0.4 is 5.32 Å².